The topological polar surface area (TPSA) is 61.9 Å². The third-order valence-corrected chi connectivity index (χ3v) is 5.79. The molecule has 1 N–H and O–H groups in total. The van der Waals surface area contributed by atoms with Gasteiger partial charge in [-0.1, -0.05) is 6.92 Å². The molecular weight excluding hydrogens is 354 g/mol. The Labute approximate surface area is 168 Å². The van der Waals surface area contributed by atoms with Crippen LogP contribution in [0.2, 0.25) is 0 Å². The molecule has 1 aromatic carbocycles. The SMILES string of the molecule is CCOC(=O)[C@@H]1CCCN(CC(=O)Nc2ccc(N3CCC(C)CC3)cc2)C1. The van der Waals surface area contributed by atoms with Crippen molar-refractivity contribution in [1.82, 2.24) is 4.90 Å². The highest BCUT2D eigenvalue weighted by molar-refractivity contribution is 5.92. The van der Waals surface area contributed by atoms with Crippen LogP contribution in [-0.4, -0.2) is 56.1 Å². The van der Waals surface area contributed by atoms with Crippen LogP contribution in [-0.2, 0) is 14.3 Å². The molecule has 0 spiro atoms. The van der Waals surface area contributed by atoms with E-state index in [0.29, 0.717) is 19.7 Å². The maximum Gasteiger partial charge on any atom is 0.310 e. The number of piperidine rings is 2. The number of ether oxygens (including phenoxy) is 1. The van der Waals surface area contributed by atoms with Crippen molar-refractivity contribution in [2.45, 2.75) is 39.5 Å². The van der Waals surface area contributed by atoms with Crippen LogP contribution in [0.25, 0.3) is 0 Å². The number of rotatable bonds is 6. The van der Waals surface area contributed by atoms with Gasteiger partial charge in [0.15, 0.2) is 0 Å². The van der Waals surface area contributed by atoms with E-state index in [9.17, 15) is 9.59 Å². The summed E-state index contributed by atoms with van der Waals surface area (Å²) in [4.78, 5) is 28.8. The molecule has 2 saturated heterocycles. The van der Waals surface area contributed by atoms with Gasteiger partial charge in [-0.25, -0.2) is 0 Å². The average molecular weight is 388 g/mol. The molecule has 3 rings (SSSR count). The number of esters is 1. The number of nitrogens with zero attached hydrogens (tertiary/aromatic N) is 2. The Balaban J connectivity index is 1.47. The van der Waals surface area contributed by atoms with E-state index in [0.717, 1.165) is 44.1 Å². The maximum atomic E-state index is 12.4. The minimum Gasteiger partial charge on any atom is -0.466 e. The van der Waals surface area contributed by atoms with Gasteiger partial charge >= 0.3 is 5.97 Å². The fourth-order valence-corrected chi connectivity index (χ4v) is 4.08. The first kappa shape index (κ1) is 20.6. The molecule has 0 unspecified atom stereocenters. The van der Waals surface area contributed by atoms with E-state index in [2.05, 4.69) is 29.3 Å². The van der Waals surface area contributed by atoms with Crippen molar-refractivity contribution in [1.29, 1.82) is 0 Å². The molecule has 1 atom stereocenters. The monoisotopic (exact) mass is 387 g/mol. The van der Waals surface area contributed by atoms with Crippen LogP contribution >= 0.6 is 0 Å². The van der Waals surface area contributed by atoms with Gasteiger partial charge in [0.25, 0.3) is 0 Å². The van der Waals surface area contributed by atoms with Crippen LogP contribution in [0.3, 0.4) is 0 Å². The number of carbonyl (C=O) groups is 2. The van der Waals surface area contributed by atoms with Crippen molar-refractivity contribution in [3.63, 3.8) is 0 Å². The highest BCUT2D eigenvalue weighted by Crippen LogP contribution is 2.24. The Bertz CT molecular complexity index is 653. The number of benzene rings is 1. The number of carbonyl (C=O) groups excluding carboxylic acids is 2. The number of amides is 1. The molecular formula is C22H33N3O3. The van der Waals surface area contributed by atoms with Crippen LogP contribution in [0.5, 0.6) is 0 Å². The standard InChI is InChI=1S/C22H33N3O3/c1-3-28-22(27)18-5-4-12-24(15-18)16-21(26)23-19-6-8-20(9-7-19)25-13-10-17(2)11-14-25/h6-9,17-18H,3-5,10-16H2,1-2H3,(H,23,26)/t18-/m1/s1. The van der Waals surface area contributed by atoms with Gasteiger partial charge in [0, 0.05) is 31.0 Å². The molecule has 6 heteroatoms. The van der Waals surface area contributed by atoms with Crippen LogP contribution in [0.15, 0.2) is 24.3 Å². The number of hydrogen-bond donors (Lipinski definition) is 1. The third-order valence-electron chi connectivity index (χ3n) is 5.79. The van der Waals surface area contributed by atoms with E-state index in [4.69, 9.17) is 4.74 Å². The predicted octanol–water partition coefficient (Wildman–Crippen LogP) is 3.14. The molecule has 0 bridgehead atoms. The van der Waals surface area contributed by atoms with Crippen molar-refractivity contribution in [2.75, 3.05) is 49.5 Å². The van der Waals surface area contributed by atoms with Gasteiger partial charge in [-0.05, 0) is 69.3 Å². The normalized spacial score (nSPS) is 21.4. The Morgan fingerprint density at radius 3 is 2.50 bits per heavy atom. The zero-order chi connectivity index (χ0) is 19.9. The quantitative estimate of drug-likeness (QED) is 0.760. The van der Waals surface area contributed by atoms with E-state index >= 15 is 0 Å². The number of anilines is 2. The number of hydrogen-bond acceptors (Lipinski definition) is 5. The summed E-state index contributed by atoms with van der Waals surface area (Å²) in [6.45, 7) is 8.49. The van der Waals surface area contributed by atoms with E-state index < -0.39 is 0 Å². The lowest BCUT2D eigenvalue weighted by Crippen LogP contribution is -2.43. The largest absolute Gasteiger partial charge is 0.466 e. The lowest BCUT2D eigenvalue weighted by Gasteiger charge is -2.32. The number of nitrogens with one attached hydrogen (secondary N) is 1. The van der Waals surface area contributed by atoms with Crippen LogP contribution in [0, 0.1) is 11.8 Å². The molecule has 154 valence electrons. The molecule has 28 heavy (non-hydrogen) atoms. The second kappa shape index (κ2) is 9.92. The summed E-state index contributed by atoms with van der Waals surface area (Å²) in [6.07, 6.45) is 4.23. The Hall–Kier alpha value is -2.08. The molecule has 2 aliphatic heterocycles. The minimum atomic E-state index is -0.143. The van der Waals surface area contributed by atoms with Crippen LogP contribution in [0.4, 0.5) is 11.4 Å². The first-order chi connectivity index (χ1) is 13.5. The molecule has 0 saturated carbocycles. The van der Waals surface area contributed by atoms with Crippen molar-refractivity contribution < 1.29 is 14.3 Å². The van der Waals surface area contributed by atoms with Gasteiger partial charge in [-0.2, -0.15) is 0 Å². The van der Waals surface area contributed by atoms with Gasteiger partial charge in [-0.15, -0.1) is 0 Å². The van der Waals surface area contributed by atoms with Crippen LogP contribution in [0.1, 0.15) is 39.5 Å². The summed E-state index contributed by atoms with van der Waals surface area (Å²) in [6, 6.07) is 8.12. The van der Waals surface area contributed by atoms with Crippen LogP contribution < -0.4 is 10.2 Å². The van der Waals surface area contributed by atoms with E-state index in [-0.39, 0.29) is 17.8 Å². The molecule has 6 nitrogen and oxygen atoms in total. The van der Waals surface area contributed by atoms with Crippen molar-refractivity contribution in [2.24, 2.45) is 11.8 Å². The predicted molar refractivity (Wildman–Crippen MR) is 111 cm³/mol. The summed E-state index contributed by atoms with van der Waals surface area (Å²) in [5.41, 5.74) is 2.04. The fourth-order valence-electron chi connectivity index (χ4n) is 4.08. The molecule has 0 radical (unpaired) electrons. The molecule has 0 aliphatic carbocycles. The molecule has 1 aromatic rings. The van der Waals surface area contributed by atoms with Gasteiger partial charge in [-0.3, -0.25) is 14.5 Å². The van der Waals surface area contributed by atoms with Gasteiger partial charge in [0.05, 0.1) is 19.1 Å². The zero-order valence-electron chi connectivity index (χ0n) is 17.2. The molecule has 2 fully saturated rings. The second-order valence-corrected chi connectivity index (χ2v) is 8.09. The van der Waals surface area contributed by atoms with Crippen molar-refractivity contribution >= 4 is 23.3 Å². The highest BCUT2D eigenvalue weighted by Gasteiger charge is 2.27. The molecule has 1 amide bonds. The maximum absolute atomic E-state index is 12.4. The van der Waals surface area contributed by atoms with Gasteiger partial charge in [0.1, 0.15) is 0 Å². The second-order valence-electron chi connectivity index (χ2n) is 8.09. The van der Waals surface area contributed by atoms with Gasteiger partial charge in [0.2, 0.25) is 5.91 Å². The molecule has 0 aromatic heterocycles. The fraction of sp³-hybridized carbons (Fsp3) is 0.636. The minimum absolute atomic E-state index is 0.0379. The summed E-state index contributed by atoms with van der Waals surface area (Å²) in [7, 11) is 0. The Kier molecular flexibility index (Phi) is 7.31. The summed E-state index contributed by atoms with van der Waals surface area (Å²) >= 11 is 0. The first-order valence-corrected chi connectivity index (χ1v) is 10.6. The summed E-state index contributed by atoms with van der Waals surface area (Å²) < 4.78 is 5.13. The first-order valence-electron chi connectivity index (χ1n) is 10.6. The summed E-state index contributed by atoms with van der Waals surface area (Å²) in [5.74, 6) is 0.514. The summed E-state index contributed by atoms with van der Waals surface area (Å²) in [5, 5.41) is 2.98. The lowest BCUT2D eigenvalue weighted by molar-refractivity contribution is -0.150. The third kappa shape index (κ3) is 5.71. The van der Waals surface area contributed by atoms with E-state index in [1.165, 1.54) is 18.5 Å². The van der Waals surface area contributed by atoms with Crippen molar-refractivity contribution in [3.05, 3.63) is 24.3 Å². The molecule has 2 aliphatic rings. The van der Waals surface area contributed by atoms with Gasteiger partial charge < -0.3 is 15.0 Å². The number of likely N-dealkylation sites (tertiary alicyclic amines) is 1. The zero-order valence-corrected chi connectivity index (χ0v) is 17.2. The highest BCUT2D eigenvalue weighted by atomic mass is 16.5. The smallest absolute Gasteiger partial charge is 0.310 e. The Morgan fingerprint density at radius 2 is 1.82 bits per heavy atom. The van der Waals surface area contributed by atoms with Crippen molar-refractivity contribution in [3.8, 4) is 0 Å². The average Bonchev–Trinajstić information content (AvgIpc) is 2.69. The molecule has 2 heterocycles. The Morgan fingerprint density at radius 1 is 1.11 bits per heavy atom. The lowest BCUT2D eigenvalue weighted by atomic mass is 9.98. The van der Waals surface area contributed by atoms with E-state index in [1.54, 1.807) is 0 Å². The van der Waals surface area contributed by atoms with E-state index in [1.807, 2.05) is 24.0 Å².